The number of carbonyl (C=O) groups is 1. The number of fused-ring (bicyclic) bond motifs is 1. The van der Waals surface area contributed by atoms with Gasteiger partial charge in [0.15, 0.2) is 0 Å². The fourth-order valence-corrected chi connectivity index (χ4v) is 4.18. The van der Waals surface area contributed by atoms with Crippen molar-refractivity contribution in [2.75, 3.05) is 11.4 Å². The van der Waals surface area contributed by atoms with E-state index in [1.54, 1.807) is 30.9 Å². The van der Waals surface area contributed by atoms with Crippen LogP contribution in [0.15, 0.2) is 48.5 Å². The Labute approximate surface area is 163 Å². The van der Waals surface area contributed by atoms with E-state index in [1.165, 1.54) is 12.1 Å². The normalized spacial score (nSPS) is 22.5. The lowest BCUT2D eigenvalue weighted by atomic mass is 9.96. The van der Waals surface area contributed by atoms with Gasteiger partial charge in [-0.05, 0) is 49.9 Å². The van der Waals surface area contributed by atoms with Gasteiger partial charge in [0.25, 0.3) is 5.69 Å². The fraction of sp³-hybridized carbons (Fsp3) is 0.381. The van der Waals surface area contributed by atoms with Crippen LogP contribution in [0.4, 0.5) is 11.4 Å². The number of hydrogen-bond donors (Lipinski definition) is 1. The quantitative estimate of drug-likeness (QED) is 0.648. The Morgan fingerprint density at radius 1 is 1.11 bits per heavy atom. The molecule has 2 aromatic carbocycles. The standard InChI is InChI=1S/C21H23N3O4/c1-21(2,26)15-7-5-14(6-8-15)19-22-13-3-4-18(22)20(25)23(19)16-9-11-17(12-10-16)24(27)28/h5-12,18-19,26H,3-4,13H2,1-2H3/t18-,19?/m0/s1. The highest BCUT2D eigenvalue weighted by molar-refractivity contribution is 6.00. The van der Waals surface area contributed by atoms with E-state index < -0.39 is 10.5 Å². The Morgan fingerprint density at radius 2 is 1.75 bits per heavy atom. The number of nitro groups is 1. The summed E-state index contributed by atoms with van der Waals surface area (Å²) in [5.41, 5.74) is 1.49. The highest BCUT2D eigenvalue weighted by Gasteiger charge is 2.49. The summed E-state index contributed by atoms with van der Waals surface area (Å²) in [4.78, 5) is 27.6. The molecule has 0 radical (unpaired) electrons. The first-order valence-corrected chi connectivity index (χ1v) is 9.43. The molecule has 0 aromatic heterocycles. The van der Waals surface area contributed by atoms with Crippen LogP contribution in [0.3, 0.4) is 0 Å². The van der Waals surface area contributed by atoms with Gasteiger partial charge in [0.05, 0.1) is 16.6 Å². The average molecular weight is 381 g/mol. The van der Waals surface area contributed by atoms with Crippen LogP contribution in [-0.2, 0) is 10.4 Å². The molecule has 146 valence electrons. The third kappa shape index (κ3) is 3.06. The van der Waals surface area contributed by atoms with Crippen LogP contribution in [0.2, 0.25) is 0 Å². The molecule has 2 fully saturated rings. The van der Waals surface area contributed by atoms with Crippen molar-refractivity contribution in [3.8, 4) is 0 Å². The van der Waals surface area contributed by atoms with E-state index in [-0.39, 0.29) is 23.8 Å². The van der Waals surface area contributed by atoms with Crippen molar-refractivity contribution in [2.45, 2.75) is 44.5 Å². The smallest absolute Gasteiger partial charge is 0.269 e. The highest BCUT2D eigenvalue weighted by atomic mass is 16.6. The molecule has 2 aromatic rings. The largest absolute Gasteiger partial charge is 0.386 e. The van der Waals surface area contributed by atoms with Crippen LogP contribution < -0.4 is 4.90 Å². The lowest BCUT2D eigenvalue weighted by Crippen LogP contribution is -2.32. The third-order valence-corrected chi connectivity index (χ3v) is 5.63. The van der Waals surface area contributed by atoms with E-state index in [0.29, 0.717) is 5.69 Å². The second kappa shape index (κ2) is 6.68. The van der Waals surface area contributed by atoms with Gasteiger partial charge in [0, 0.05) is 24.4 Å². The fourth-order valence-electron chi connectivity index (χ4n) is 4.18. The minimum absolute atomic E-state index is 0.00183. The van der Waals surface area contributed by atoms with Gasteiger partial charge in [-0.15, -0.1) is 0 Å². The molecule has 1 N–H and O–H groups in total. The van der Waals surface area contributed by atoms with E-state index in [0.717, 1.165) is 30.5 Å². The van der Waals surface area contributed by atoms with Gasteiger partial charge in [-0.2, -0.15) is 0 Å². The van der Waals surface area contributed by atoms with Gasteiger partial charge in [0.2, 0.25) is 5.91 Å². The maximum absolute atomic E-state index is 13.1. The molecule has 2 aliphatic heterocycles. The van der Waals surface area contributed by atoms with Crippen LogP contribution in [0.1, 0.15) is 44.0 Å². The lowest BCUT2D eigenvalue weighted by Gasteiger charge is -2.30. The van der Waals surface area contributed by atoms with Gasteiger partial charge < -0.3 is 5.11 Å². The number of aliphatic hydroxyl groups is 1. The minimum atomic E-state index is -0.932. The molecule has 1 amide bonds. The van der Waals surface area contributed by atoms with Gasteiger partial charge in [0.1, 0.15) is 6.17 Å². The van der Waals surface area contributed by atoms with Crippen molar-refractivity contribution >= 4 is 17.3 Å². The zero-order valence-corrected chi connectivity index (χ0v) is 15.9. The van der Waals surface area contributed by atoms with E-state index >= 15 is 0 Å². The average Bonchev–Trinajstić information content (AvgIpc) is 3.23. The van der Waals surface area contributed by atoms with Crippen molar-refractivity contribution in [1.29, 1.82) is 0 Å². The molecular weight excluding hydrogens is 358 g/mol. The topological polar surface area (TPSA) is 86.9 Å². The molecule has 2 atom stereocenters. The SMILES string of the molecule is CC(C)(O)c1ccc(C2N(c3ccc([N+](=O)[O-])cc3)C(=O)[C@@H]3CCCN23)cc1. The third-order valence-electron chi connectivity index (χ3n) is 5.63. The lowest BCUT2D eigenvalue weighted by molar-refractivity contribution is -0.384. The summed E-state index contributed by atoms with van der Waals surface area (Å²) in [6.45, 7) is 4.30. The predicted molar refractivity (Wildman–Crippen MR) is 105 cm³/mol. The molecule has 7 heteroatoms. The molecule has 1 unspecified atom stereocenters. The predicted octanol–water partition coefficient (Wildman–Crippen LogP) is 3.33. The van der Waals surface area contributed by atoms with E-state index in [1.807, 2.05) is 24.3 Å². The van der Waals surface area contributed by atoms with Crippen LogP contribution >= 0.6 is 0 Å². The van der Waals surface area contributed by atoms with E-state index in [9.17, 15) is 20.0 Å². The second-order valence-corrected chi connectivity index (χ2v) is 7.93. The molecule has 0 bridgehead atoms. The monoisotopic (exact) mass is 381 g/mol. The van der Waals surface area contributed by atoms with Gasteiger partial charge in [-0.3, -0.25) is 24.7 Å². The summed E-state index contributed by atoms with van der Waals surface area (Å²) < 4.78 is 0. The van der Waals surface area contributed by atoms with E-state index in [4.69, 9.17) is 0 Å². The van der Waals surface area contributed by atoms with Gasteiger partial charge in [-0.25, -0.2) is 0 Å². The molecule has 0 saturated carbocycles. The van der Waals surface area contributed by atoms with Crippen molar-refractivity contribution < 1.29 is 14.8 Å². The second-order valence-electron chi connectivity index (χ2n) is 7.93. The van der Waals surface area contributed by atoms with Crippen molar-refractivity contribution in [3.05, 3.63) is 69.8 Å². The summed E-state index contributed by atoms with van der Waals surface area (Å²) in [6, 6.07) is 13.6. The molecule has 0 aliphatic carbocycles. The summed E-state index contributed by atoms with van der Waals surface area (Å²) in [7, 11) is 0. The Hall–Kier alpha value is -2.77. The molecule has 2 saturated heterocycles. The Kier molecular flexibility index (Phi) is 4.44. The maximum atomic E-state index is 13.1. The first kappa shape index (κ1) is 18.6. The Balaban J connectivity index is 1.73. The first-order valence-electron chi connectivity index (χ1n) is 9.43. The Morgan fingerprint density at radius 3 is 2.32 bits per heavy atom. The zero-order chi connectivity index (χ0) is 20.1. The number of rotatable bonds is 4. The van der Waals surface area contributed by atoms with Crippen molar-refractivity contribution in [2.24, 2.45) is 0 Å². The number of anilines is 1. The van der Waals surface area contributed by atoms with Crippen LogP contribution in [-0.4, -0.2) is 33.4 Å². The van der Waals surface area contributed by atoms with Crippen LogP contribution in [0.5, 0.6) is 0 Å². The number of amides is 1. The summed E-state index contributed by atoms with van der Waals surface area (Å²) >= 11 is 0. The van der Waals surface area contributed by atoms with E-state index in [2.05, 4.69) is 4.90 Å². The summed E-state index contributed by atoms with van der Waals surface area (Å²) in [5.74, 6) is 0.0305. The van der Waals surface area contributed by atoms with Crippen LogP contribution in [0.25, 0.3) is 0 Å². The molecule has 2 heterocycles. The van der Waals surface area contributed by atoms with Crippen molar-refractivity contribution in [3.63, 3.8) is 0 Å². The molecule has 0 spiro atoms. The molecule has 4 rings (SSSR count). The first-order chi connectivity index (χ1) is 13.3. The van der Waals surface area contributed by atoms with Gasteiger partial charge >= 0.3 is 0 Å². The van der Waals surface area contributed by atoms with Crippen molar-refractivity contribution in [1.82, 2.24) is 4.90 Å². The molecule has 2 aliphatic rings. The summed E-state index contributed by atoms with van der Waals surface area (Å²) in [6.07, 6.45) is 1.54. The minimum Gasteiger partial charge on any atom is -0.386 e. The molecule has 7 nitrogen and oxygen atoms in total. The molecular formula is C21H23N3O4. The van der Waals surface area contributed by atoms with Gasteiger partial charge in [-0.1, -0.05) is 24.3 Å². The number of benzene rings is 2. The molecule has 28 heavy (non-hydrogen) atoms. The number of nitro benzene ring substituents is 1. The Bertz CT molecular complexity index is 903. The van der Waals surface area contributed by atoms with Crippen LogP contribution in [0, 0.1) is 10.1 Å². The maximum Gasteiger partial charge on any atom is 0.269 e. The number of nitrogens with zero attached hydrogens (tertiary/aromatic N) is 3. The number of hydrogen-bond acceptors (Lipinski definition) is 5. The number of carbonyl (C=O) groups excluding carboxylic acids is 1. The summed E-state index contributed by atoms with van der Waals surface area (Å²) in [5, 5.41) is 21.2. The zero-order valence-electron chi connectivity index (χ0n) is 15.9. The highest BCUT2D eigenvalue weighted by Crippen LogP contribution is 2.42. The number of non-ortho nitro benzene ring substituents is 1.